The van der Waals surface area contributed by atoms with Gasteiger partial charge in [0.15, 0.2) is 0 Å². The summed E-state index contributed by atoms with van der Waals surface area (Å²) < 4.78 is 5.15. The molecule has 0 heterocycles. The molecule has 0 spiro atoms. The van der Waals surface area contributed by atoms with E-state index in [0.717, 1.165) is 0 Å². The van der Waals surface area contributed by atoms with E-state index < -0.39 is 118 Å². The number of carboxylic acid groups (broad SMARTS) is 6. The number of ether oxygens (including phenoxy) is 1. The van der Waals surface area contributed by atoms with Crippen LogP contribution in [0.5, 0.6) is 0 Å². The van der Waals surface area contributed by atoms with E-state index in [2.05, 4.69) is 75.8 Å². The van der Waals surface area contributed by atoms with Crippen molar-refractivity contribution in [2.75, 3.05) is 52.9 Å². The number of aliphatic carboxylic acids is 6. The molecule has 0 aliphatic rings. The predicted molar refractivity (Wildman–Crippen MR) is 333 cm³/mol. The van der Waals surface area contributed by atoms with Crippen LogP contribution in [0.4, 0.5) is 0 Å². The number of carbonyl (C=O) groups is 6. The van der Waals surface area contributed by atoms with E-state index in [0.29, 0.717) is 33.4 Å². The zero-order chi connectivity index (χ0) is 63.0. The predicted octanol–water partition coefficient (Wildman–Crippen LogP) is 7.38. The summed E-state index contributed by atoms with van der Waals surface area (Å²) in [6, 6.07) is 53.5. The molecule has 6 aromatic rings. The molecule has 6 aromatic carbocycles. The molecule has 6 unspecified atom stereocenters. The summed E-state index contributed by atoms with van der Waals surface area (Å²) in [6.07, 6.45) is 0. The fourth-order valence-electron chi connectivity index (χ4n) is 5.73. The minimum Gasteiger partial charge on any atom is -0.480 e. The molecule has 83 heavy (non-hydrogen) atoms. The molecule has 0 bridgehead atoms. The third-order valence-electron chi connectivity index (χ3n) is 10.9. The van der Waals surface area contributed by atoms with Crippen LogP contribution in [0, 0.1) is 10.8 Å². The highest BCUT2D eigenvalue weighted by Crippen LogP contribution is 2.24. The lowest BCUT2D eigenvalue weighted by Gasteiger charge is -2.31. The maximum atomic E-state index is 10.4. The van der Waals surface area contributed by atoms with E-state index >= 15 is 0 Å². The number of rotatable bonds is 22. The molecule has 6 rings (SSSR count). The SMILES string of the molecule is O=C(O)C(S)c1ccccc1.O=C(O)C(S)c1ccccc1.O=C(O)C(S)c1ccccc1.O=C(O)C(S)c1ccccc1.O=C(O)C(S)c1ccccc1.O=C(O)C(S)c1ccccc1.OCC(CO)(CO)COCC(CO)(CO)CO. The highest BCUT2D eigenvalue weighted by Gasteiger charge is 2.33. The van der Waals surface area contributed by atoms with E-state index in [1.165, 1.54) is 0 Å². The Balaban J connectivity index is 0.000000950. The number of thiol groups is 6. The van der Waals surface area contributed by atoms with Gasteiger partial charge in [-0.15, -0.1) is 0 Å². The maximum absolute atomic E-state index is 10.4. The number of hydrogen-bond acceptors (Lipinski definition) is 19. The highest BCUT2D eigenvalue weighted by atomic mass is 32.1. The minimum atomic E-state index is -1.16. The van der Waals surface area contributed by atoms with E-state index in [-0.39, 0.29) is 13.2 Å². The quantitative estimate of drug-likeness (QED) is 0.0295. The van der Waals surface area contributed by atoms with Gasteiger partial charge in [0.2, 0.25) is 0 Å². The molecule has 6 atom stereocenters. The second kappa shape index (κ2) is 43.6. The first-order valence-electron chi connectivity index (χ1n) is 24.3. The molecular weight excluding hydrogens is 1190 g/mol. The van der Waals surface area contributed by atoms with Gasteiger partial charge in [0.1, 0.15) is 31.5 Å². The first-order chi connectivity index (χ1) is 39.4. The summed E-state index contributed by atoms with van der Waals surface area (Å²) in [5, 5.41) is 101. The van der Waals surface area contributed by atoms with Crippen LogP contribution in [0.15, 0.2) is 182 Å². The van der Waals surface area contributed by atoms with Gasteiger partial charge in [0.05, 0.1) is 63.7 Å². The molecule has 25 heteroatoms. The Morgan fingerprint density at radius 2 is 0.398 bits per heavy atom. The van der Waals surface area contributed by atoms with Crippen LogP contribution in [0.3, 0.4) is 0 Å². The van der Waals surface area contributed by atoms with Crippen LogP contribution in [-0.4, -0.2) is 150 Å². The Bertz CT molecular complexity index is 2250. The van der Waals surface area contributed by atoms with Crippen molar-refractivity contribution in [1.82, 2.24) is 0 Å². The van der Waals surface area contributed by atoms with Crippen molar-refractivity contribution >= 4 is 112 Å². The summed E-state index contributed by atoms with van der Waals surface area (Å²) in [5.41, 5.74) is 1.95. The number of hydrogen-bond donors (Lipinski definition) is 18. The molecular formula is C58H70O19S6. The normalized spacial score (nSPS) is 12.6. The Kier molecular flexibility index (Phi) is 40.4. The number of aliphatic hydroxyl groups excluding tert-OH is 6. The van der Waals surface area contributed by atoms with Crippen molar-refractivity contribution in [2.24, 2.45) is 10.8 Å². The van der Waals surface area contributed by atoms with Gasteiger partial charge in [-0.3, -0.25) is 28.8 Å². The van der Waals surface area contributed by atoms with Crippen LogP contribution in [0.1, 0.15) is 64.9 Å². The maximum Gasteiger partial charge on any atom is 0.320 e. The summed E-state index contributed by atoms with van der Waals surface area (Å²) in [7, 11) is 0. The summed E-state index contributed by atoms with van der Waals surface area (Å²) in [5.74, 6) is -5.50. The number of aliphatic hydroxyl groups is 6. The van der Waals surface area contributed by atoms with Crippen molar-refractivity contribution in [3.8, 4) is 0 Å². The third kappa shape index (κ3) is 30.9. The smallest absolute Gasteiger partial charge is 0.320 e. The Hall–Kier alpha value is -6.04. The molecule has 12 N–H and O–H groups in total. The molecule has 0 fully saturated rings. The van der Waals surface area contributed by atoms with Gasteiger partial charge in [-0.05, 0) is 33.4 Å². The summed E-state index contributed by atoms with van der Waals surface area (Å²) >= 11 is 23.5. The number of carboxylic acids is 6. The molecule has 19 nitrogen and oxygen atoms in total. The zero-order valence-corrected chi connectivity index (χ0v) is 49.7. The lowest BCUT2D eigenvalue weighted by molar-refractivity contribution is -0.137. The zero-order valence-electron chi connectivity index (χ0n) is 44.3. The van der Waals surface area contributed by atoms with Gasteiger partial charge in [-0.25, -0.2) is 0 Å². The first-order valence-corrected chi connectivity index (χ1v) is 27.4. The standard InChI is InChI=1S/C10H22O7.6C8H8O2S/c11-1-9(2-12,3-13)7-17-8-10(4-14,5-15)6-16;6*9-8(10)7(11)6-4-2-1-3-5-6/h11-16H,1-8H2;6*1-5,7,11H,(H,9,10). The topological polar surface area (TPSA) is 354 Å². The average Bonchev–Trinajstić information content (AvgIpc) is 3.53. The Labute approximate surface area is 513 Å². The molecule has 0 aliphatic carbocycles. The van der Waals surface area contributed by atoms with Crippen molar-refractivity contribution < 1.29 is 94.8 Å². The van der Waals surface area contributed by atoms with E-state index in [4.69, 9.17) is 66.0 Å². The minimum absolute atomic E-state index is 0.141. The second-order valence-corrected chi connectivity index (χ2v) is 20.4. The Morgan fingerprint density at radius 1 is 0.277 bits per heavy atom. The fourth-order valence-corrected chi connectivity index (χ4v) is 6.76. The van der Waals surface area contributed by atoms with E-state index in [1.54, 1.807) is 146 Å². The van der Waals surface area contributed by atoms with Crippen molar-refractivity contribution in [2.45, 2.75) is 31.5 Å². The second-order valence-electron chi connectivity index (χ2n) is 17.4. The van der Waals surface area contributed by atoms with Crippen LogP contribution in [0.2, 0.25) is 0 Å². The average molecular weight is 1260 g/mol. The monoisotopic (exact) mass is 1260 g/mol. The lowest BCUT2D eigenvalue weighted by atomic mass is 9.91. The Morgan fingerprint density at radius 3 is 0.494 bits per heavy atom. The van der Waals surface area contributed by atoms with E-state index in [9.17, 15) is 28.8 Å². The van der Waals surface area contributed by atoms with Crippen LogP contribution >= 0.6 is 75.8 Å². The molecule has 0 saturated heterocycles. The van der Waals surface area contributed by atoms with Gasteiger partial charge in [-0.1, -0.05) is 182 Å². The van der Waals surface area contributed by atoms with Crippen molar-refractivity contribution in [1.29, 1.82) is 0 Å². The van der Waals surface area contributed by atoms with Gasteiger partial charge in [0.25, 0.3) is 0 Å². The van der Waals surface area contributed by atoms with Gasteiger partial charge >= 0.3 is 35.8 Å². The van der Waals surface area contributed by atoms with Crippen LogP contribution in [0.25, 0.3) is 0 Å². The third-order valence-corrected chi connectivity index (χ3v) is 14.0. The van der Waals surface area contributed by atoms with Gasteiger partial charge < -0.3 is 66.0 Å². The summed E-state index contributed by atoms with van der Waals surface area (Å²) in [4.78, 5) is 62.5. The summed E-state index contributed by atoms with van der Waals surface area (Å²) in [6.45, 7) is -3.01. The van der Waals surface area contributed by atoms with Crippen molar-refractivity contribution in [3.05, 3.63) is 215 Å². The highest BCUT2D eigenvalue weighted by molar-refractivity contribution is 7.82. The fraction of sp³-hybridized carbons (Fsp3) is 0.276. The molecule has 0 saturated carbocycles. The van der Waals surface area contributed by atoms with Gasteiger partial charge in [-0.2, -0.15) is 75.8 Å². The van der Waals surface area contributed by atoms with Crippen molar-refractivity contribution in [3.63, 3.8) is 0 Å². The largest absolute Gasteiger partial charge is 0.480 e. The van der Waals surface area contributed by atoms with Crippen LogP contribution in [-0.2, 0) is 33.5 Å². The molecule has 0 amide bonds. The van der Waals surface area contributed by atoms with Crippen LogP contribution < -0.4 is 0 Å². The molecule has 0 aromatic heterocycles. The number of benzene rings is 6. The lowest BCUT2D eigenvalue weighted by Crippen LogP contribution is -2.43. The first kappa shape index (κ1) is 77.0. The molecule has 0 radical (unpaired) electrons. The molecule has 452 valence electrons. The molecule has 0 aliphatic heterocycles. The van der Waals surface area contributed by atoms with Gasteiger partial charge in [0, 0.05) is 0 Å². The van der Waals surface area contributed by atoms with E-state index in [1.807, 2.05) is 36.4 Å².